The highest BCUT2D eigenvalue weighted by atomic mass is 32.2. The van der Waals surface area contributed by atoms with Gasteiger partial charge in [0.25, 0.3) is 0 Å². The summed E-state index contributed by atoms with van der Waals surface area (Å²) in [5, 5.41) is 0.717. The molecular formula is C22H31N3O4S2. The first-order valence-electron chi connectivity index (χ1n) is 11.0. The second kappa shape index (κ2) is 9.13. The molecule has 0 N–H and O–H groups in total. The van der Waals surface area contributed by atoms with Gasteiger partial charge in [-0.1, -0.05) is 37.3 Å². The quantitative estimate of drug-likeness (QED) is 0.651. The SMILES string of the molecule is CC(C)c1cccc2sc(N(CC3CCCO3)C(=O)C3CCN(S(C)(=O)=O)CC3)nc12. The summed E-state index contributed by atoms with van der Waals surface area (Å²) in [6, 6.07) is 6.21. The van der Waals surface area contributed by atoms with Gasteiger partial charge in [-0.3, -0.25) is 9.69 Å². The number of amides is 1. The minimum atomic E-state index is -3.22. The van der Waals surface area contributed by atoms with E-state index in [1.807, 2.05) is 11.0 Å². The number of thiazole rings is 1. The number of carbonyl (C=O) groups excluding carboxylic acids is 1. The summed E-state index contributed by atoms with van der Waals surface area (Å²) in [4.78, 5) is 20.3. The molecule has 1 unspecified atom stereocenters. The molecule has 1 aromatic heterocycles. The molecule has 0 spiro atoms. The number of sulfonamides is 1. The Bertz CT molecular complexity index is 1040. The molecule has 9 heteroatoms. The summed E-state index contributed by atoms with van der Waals surface area (Å²) in [6.45, 7) is 6.32. The molecule has 0 radical (unpaired) electrons. The zero-order valence-electron chi connectivity index (χ0n) is 18.4. The first-order chi connectivity index (χ1) is 14.7. The topological polar surface area (TPSA) is 79.8 Å². The molecule has 1 amide bonds. The van der Waals surface area contributed by atoms with Crippen LogP contribution in [-0.2, 0) is 19.6 Å². The van der Waals surface area contributed by atoms with Crippen LogP contribution in [0.25, 0.3) is 10.2 Å². The number of benzene rings is 1. The zero-order valence-corrected chi connectivity index (χ0v) is 20.0. The molecule has 1 atom stereocenters. The van der Waals surface area contributed by atoms with Crippen LogP contribution in [0.2, 0.25) is 0 Å². The largest absolute Gasteiger partial charge is 0.376 e. The lowest BCUT2D eigenvalue weighted by Crippen LogP contribution is -2.46. The lowest BCUT2D eigenvalue weighted by molar-refractivity contribution is -0.123. The van der Waals surface area contributed by atoms with Gasteiger partial charge in [-0.2, -0.15) is 0 Å². The molecule has 2 aliphatic rings. The fraction of sp³-hybridized carbons (Fsp3) is 0.636. The first-order valence-corrected chi connectivity index (χ1v) is 13.7. The summed E-state index contributed by atoms with van der Waals surface area (Å²) >= 11 is 1.55. The molecule has 2 aliphatic heterocycles. The molecule has 7 nitrogen and oxygen atoms in total. The Morgan fingerprint density at radius 1 is 1.29 bits per heavy atom. The van der Waals surface area contributed by atoms with Crippen molar-refractivity contribution in [1.29, 1.82) is 0 Å². The van der Waals surface area contributed by atoms with E-state index >= 15 is 0 Å². The van der Waals surface area contributed by atoms with Crippen LogP contribution in [-0.4, -0.2) is 62.2 Å². The van der Waals surface area contributed by atoms with Gasteiger partial charge in [0.15, 0.2) is 5.13 Å². The molecule has 31 heavy (non-hydrogen) atoms. The molecule has 0 aliphatic carbocycles. The number of aromatic nitrogens is 1. The van der Waals surface area contributed by atoms with Crippen molar-refractivity contribution >= 4 is 42.6 Å². The lowest BCUT2D eigenvalue weighted by Gasteiger charge is -2.33. The highest BCUT2D eigenvalue weighted by Gasteiger charge is 2.34. The Kier molecular flexibility index (Phi) is 6.67. The van der Waals surface area contributed by atoms with Crippen LogP contribution >= 0.6 is 11.3 Å². The number of carbonyl (C=O) groups is 1. The molecule has 3 heterocycles. The number of para-hydroxylation sites is 1. The van der Waals surface area contributed by atoms with Crippen LogP contribution in [0.3, 0.4) is 0 Å². The van der Waals surface area contributed by atoms with Gasteiger partial charge < -0.3 is 4.74 Å². The summed E-state index contributed by atoms with van der Waals surface area (Å²) < 4.78 is 32.1. The smallest absolute Gasteiger partial charge is 0.232 e. The molecule has 4 rings (SSSR count). The van der Waals surface area contributed by atoms with Crippen molar-refractivity contribution in [3.8, 4) is 0 Å². The van der Waals surface area contributed by atoms with E-state index in [0.29, 0.717) is 43.5 Å². The number of anilines is 1. The van der Waals surface area contributed by atoms with E-state index < -0.39 is 10.0 Å². The van der Waals surface area contributed by atoms with E-state index in [1.54, 1.807) is 11.3 Å². The maximum absolute atomic E-state index is 13.6. The second-order valence-corrected chi connectivity index (χ2v) is 11.9. The highest BCUT2D eigenvalue weighted by molar-refractivity contribution is 7.88. The number of hydrogen-bond acceptors (Lipinski definition) is 6. The molecule has 170 valence electrons. The maximum Gasteiger partial charge on any atom is 0.232 e. The summed E-state index contributed by atoms with van der Waals surface area (Å²) in [5.41, 5.74) is 2.15. The lowest BCUT2D eigenvalue weighted by atomic mass is 9.96. The predicted octanol–water partition coefficient (Wildman–Crippen LogP) is 3.60. The predicted molar refractivity (Wildman–Crippen MR) is 124 cm³/mol. The van der Waals surface area contributed by atoms with Gasteiger partial charge in [0, 0.05) is 25.6 Å². The molecule has 2 fully saturated rings. The van der Waals surface area contributed by atoms with E-state index in [-0.39, 0.29) is 17.9 Å². The van der Waals surface area contributed by atoms with Gasteiger partial charge in [0.2, 0.25) is 15.9 Å². The number of ether oxygens (including phenoxy) is 1. The normalized spacial score (nSPS) is 21.2. The van der Waals surface area contributed by atoms with E-state index in [2.05, 4.69) is 26.0 Å². The minimum Gasteiger partial charge on any atom is -0.376 e. The number of piperidine rings is 1. The fourth-order valence-corrected chi connectivity index (χ4v) is 6.34. The van der Waals surface area contributed by atoms with Crippen molar-refractivity contribution in [3.05, 3.63) is 23.8 Å². The number of rotatable bonds is 6. The monoisotopic (exact) mass is 465 g/mol. The van der Waals surface area contributed by atoms with Crippen molar-refractivity contribution in [3.63, 3.8) is 0 Å². The van der Waals surface area contributed by atoms with E-state index in [9.17, 15) is 13.2 Å². The summed E-state index contributed by atoms with van der Waals surface area (Å²) in [5.74, 6) is 0.186. The fourth-order valence-electron chi connectivity index (χ4n) is 4.45. The standard InChI is InChI=1S/C22H31N3O4S2/c1-15(2)18-7-4-8-19-20(18)23-22(30-19)25(14-17-6-5-13-29-17)21(26)16-9-11-24(12-10-16)31(3,27)28/h4,7-8,15-17H,5-6,9-14H2,1-3H3. The van der Waals surface area contributed by atoms with Gasteiger partial charge >= 0.3 is 0 Å². The molecule has 0 bridgehead atoms. The molecular weight excluding hydrogens is 434 g/mol. The van der Waals surface area contributed by atoms with Crippen molar-refractivity contribution in [1.82, 2.24) is 9.29 Å². The van der Waals surface area contributed by atoms with E-state index in [0.717, 1.165) is 29.7 Å². The Labute approximate surface area is 188 Å². The first kappa shape index (κ1) is 22.6. The molecule has 0 saturated carbocycles. The van der Waals surface area contributed by atoms with Crippen LogP contribution < -0.4 is 4.90 Å². The Balaban J connectivity index is 1.61. The third-order valence-corrected chi connectivity index (χ3v) is 8.59. The highest BCUT2D eigenvalue weighted by Crippen LogP contribution is 2.35. The molecule has 2 aromatic rings. The molecule has 2 saturated heterocycles. The van der Waals surface area contributed by atoms with Crippen LogP contribution in [0.4, 0.5) is 5.13 Å². The number of hydrogen-bond donors (Lipinski definition) is 0. The van der Waals surface area contributed by atoms with Gasteiger partial charge in [-0.25, -0.2) is 17.7 Å². The average Bonchev–Trinajstić information content (AvgIpc) is 3.40. The van der Waals surface area contributed by atoms with Crippen molar-refractivity contribution < 1.29 is 17.9 Å². The van der Waals surface area contributed by atoms with E-state index in [4.69, 9.17) is 9.72 Å². The third kappa shape index (κ3) is 4.94. The zero-order chi connectivity index (χ0) is 22.2. The van der Waals surface area contributed by atoms with Crippen molar-refractivity contribution in [2.75, 3.05) is 37.4 Å². The Morgan fingerprint density at radius 2 is 2.03 bits per heavy atom. The number of nitrogens with zero attached hydrogens (tertiary/aromatic N) is 3. The third-order valence-electron chi connectivity index (χ3n) is 6.24. The average molecular weight is 466 g/mol. The minimum absolute atomic E-state index is 0.0247. The van der Waals surface area contributed by atoms with Gasteiger partial charge in [-0.15, -0.1) is 0 Å². The molecule has 1 aromatic carbocycles. The van der Waals surface area contributed by atoms with Crippen LogP contribution in [0, 0.1) is 5.92 Å². The van der Waals surface area contributed by atoms with Crippen molar-refractivity contribution in [2.45, 2.75) is 51.6 Å². The van der Waals surface area contributed by atoms with Gasteiger partial charge in [-0.05, 0) is 43.2 Å². The number of fused-ring (bicyclic) bond motifs is 1. The summed E-state index contributed by atoms with van der Waals surface area (Å²) in [7, 11) is -3.22. The second-order valence-electron chi connectivity index (χ2n) is 8.87. The van der Waals surface area contributed by atoms with Crippen LogP contribution in [0.15, 0.2) is 18.2 Å². The van der Waals surface area contributed by atoms with Gasteiger partial charge in [0.1, 0.15) is 0 Å². The summed E-state index contributed by atoms with van der Waals surface area (Å²) in [6.07, 6.45) is 4.28. The van der Waals surface area contributed by atoms with Crippen molar-refractivity contribution in [2.24, 2.45) is 5.92 Å². The Hall–Kier alpha value is -1.55. The van der Waals surface area contributed by atoms with Crippen LogP contribution in [0.5, 0.6) is 0 Å². The van der Waals surface area contributed by atoms with E-state index in [1.165, 1.54) is 16.1 Å². The van der Waals surface area contributed by atoms with Crippen LogP contribution in [0.1, 0.15) is 51.0 Å². The Morgan fingerprint density at radius 3 is 2.65 bits per heavy atom. The van der Waals surface area contributed by atoms with Gasteiger partial charge in [0.05, 0.1) is 29.1 Å². The maximum atomic E-state index is 13.6.